The van der Waals surface area contributed by atoms with Crippen LogP contribution in [0.2, 0.25) is 0 Å². The van der Waals surface area contributed by atoms with E-state index in [2.05, 4.69) is 4.74 Å². The summed E-state index contributed by atoms with van der Waals surface area (Å²) in [4.78, 5) is 34.8. The molecule has 0 saturated carbocycles. The number of aliphatic hydroxyl groups excluding tert-OH is 1. The molecule has 1 unspecified atom stereocenters. The van der Waals surface area contributed by atoms with Gasteiger partial charge in [-0.2, -0.15) is 39.5 Å². The molecule has 0 aromatic rings. The third kappa shape index (κ3) is 73.3. The van der Waals surface area contributed by atoms with Gasteiger partial charge < -0.3 is 124 Å². The molecular weight excluding hydrogens is 1560 g/mol. The minimum absolute atomic E-state index is 0.0777. The molecule has 0 fully saturated rings. The normalized spacial score (nSPS) is 12.5. The molecule has 0 aliphatic carbocycles. The SMILES string of the molecule is CCC(C)(C)C(=O)OCCC(F)(F)C(F)(F)C(F)(F)C(F)(F)F.CCC(C)(C)C(=O)OCCCOCCCOCCCOCCCOCCCOCCCOCCCO.CCC(C)C(=O)OCCOCCOCCOCCOCCOCCOCCOCCOCCOCCOCCOCCOCCOCCOCCOCCOC. The van der Waals surface area contributed by atoms with Crippen molar-refractivity contribution in [2.24, 2.45) is 16.7 Å². The van der Waals surface area contributed by atoms with Gasteiger partial charge in [-0.1, -0.05) is 27.7 Å². The van der Waals surface area contributed by atoms with Crippen molar-refractivity contribution < 1.29 is 177 Å². The average Bonchev–Trinajstić information content (AvgIpc) is 0.746. The van der Waals surface area contributed by atoms with Crippen LogP contribution >= 0.6 is 0 Å². The predicted octanol–water partition coefficient (Wildman–Crippen LogP) is 10.1. The quantitative estimate of drug-likeness (QED) is 0.0256. The van der Waals surface area contributed by atoms with Gasteiger partial charge in [0.25, 0.3) is 0 Å². The second-order valence-corrected chi connectivity index (χ2v) is 26.4. The van der Waals surface area contributed by atoms with Crippen molar-refractivity contribution in [3.8, 4) is 0 Å². The number of ether oxygens (including phenoxy) is 25. The van der Waals surface area contributed by atoms with Crippen molar-refractivity contribution >= 4 is 17.9 Å². The van der Waals surface area contributed by atoms with Crippen molar-refractivity contribution in [1.29, 1.82) is 0 Å². The molecule has 1 N–H and O–H groups in total. The van der Waals surface area contributed by atoms with Gasteiger partial charge in [0, 0.05) is 99.4 Å². The second-order valence-electron chi connectivity index (χ2n) is 26.4. The van der Waals surface area contributed by atoms with E-state index in [9.17, 15) is 53.9 Å². The summed E-state index contributed by atoms with van der Waals surface area (Å²) < 4.78 is 247. The Morgan fingerprint density at radius 3 is 0.704 bits per heavy atom. The molecule has 29 nitrogen and oxygen atoms in total. The topological polar surface area (TPSA) is 302 Å². The van der Waals surface area contributed by atoms with Crippen LogP contribution in [-0.2, 0) is 133 Å². The number of carbonyl (C=O) groups excluding carboxylic acids is 3. The van der Waals surface area contributed by atoms with Crippen LogP contribution < -0.4 is 0 Å². The third-order valence-electron chi connectivity index (χ3n) is 15.9. The van der Waals surface area contributed by atoms with Gasteiger partial charge >= 0.3 is 41.9 Å². The zero-order valence-electron chi connectivity index (χ0n) is 70.4. The highest BCUT2D eigenvalue weighted by Gasteiger charge is 2.81. The van der Waals surface area contributed by atoms with Crippen LogP contribution in [0.4, 0.5) is 39.5 Å². The van der Waals surface area contributed by atoms with Gasteiger partial charge in [0.05, 0.1) is 241 Å². The van der Waals surface area contributed by atoms with Crippen molar-refractivity contribution in [3.05, 3.63) is 0 Å². The van der Waals surface area contributed by atoms with Gasteiger partial charge in [-0.25, -0.2) is 0 Å². The summed E-state index contributed by atoms with van der Waals surface area (Å²) >= 11 is 0. The molecule has 0 aromatic carbocycles. The first-order valence-electron chi connectivity index (χ1n) is 40.1. The summed E-state index contributed by atoms with van der Waals surface area (Å²) in [7, 11) is 1.64. The lowest BCUT2D eigenvalue weighted by Crippen LogP contribution is -2.61. The standard InChI is InChI=1S/C38H76O18.C27H54O9.C12H15F9O2/c1-4-37(2)38(39)56-36-35-55-34-33-54-32-31-53-30-29-52-28-27-51-26-25-50-24-23-49-22-21-48-20-19-47-18-17-46-16-15-45-14-13-44-12-11-43-10-9-42-8-7-41-6-5-40-3;1-4-27(2,3)26(29)36-25-11-24-35-23-10-22-34-21-9-20-33-19-8-18-32-17-7-16-31-15-6-14-30-13-5-12-28;1-4-8(2,3)7(22)23-6-5-9(13,14)10(15,16)11(17,18)12(19,20)21/h37H,4-36H2,1-3H3;28H,4-25H2,1-3H3;4-6H2,1-3H3. The fraction of sp³-hybridized carbons (Fsp3) is 0.961. The Kier molecular flexibility index (Phi) is 82.6. The van der Waals surface area contributed by atoms with E-state index in [0.717, 1.165) is 44.9 Å². The predicted molar refractivity (Wildman–Crippen MR) is 404 cm³/mol. The first-order valence-corrected chi connectivity index (χ1v) is 40.1. The number of halogens is 9. The maximum Gasteiger partial charge on any atom is 0.460 e. The summed E-state index contributed by atoms with van der Waals surface area (Å²) in [6.07, 6.45) is -1.51. The van der Waals surface area contributed by atoms with Crippen LogP contribution in [0, 0.1) is 16.7 Å². The molecular formula is C77H145F9O29. The van der Waals surface area contributed by atoms with Crippen molar-refractivity contribution in [3.63, 3.8) is 0 Å². The van der Waals surface area contributed by atoms with Gasteiger partial charge in [0.15, 0.2) is 0 Å². The Hall–Kier alpha value is -3.14. The molecule has 0 rings (SSSR count). The van der Waals surface area contributed by atoms with Crippen molar-refractivity contribution in [1.82, 2.24) is 0 Å². The first kappa shape index (κ1) is 116. The van der Waals surface area contributed by atoms with E-state index in [1.54, 1.807) is 7.11 Å². The monoisotopic (exact) mass is 1700 g/mol. The molecule has 0 aromatic heterocycles. The average molecular weight is 1710 g/mol. The lowest BCUT2D eigenvalue weighted by molar-refractivity contribution is -0.397. The van der Waals surface area contributed by atoms with Gasteiger partial charge in [-0.3, -0.25) is 14.4 Å². The lowest BCUT2D eigenvalue weighted by Gasteiger charge is -2.33. The smallest absolute Gasteiger partial charge is 0.460 e. The van der Waals surface area contributed by atoms with Gasteiger partial charge in [0.2, 0.25) is 0 Å². The Bertz CT molecular complexity index is 2090. The van der Waals surface area contributed by atoms with Crippen LogP contribution in [-0.4, -0.2) is 365 Å². The third-order valence-corrected chi connectivity index (χ3v) is 15.9. The van der Waals surface area contributed by atoms with E-state index in [0.29, 0.717) is 304 Å². The number of alkyl halides is 9. The Balaban J connectivity index is -0.00000181. The molecule has 0 spiro atoms. The van der Waals surface area contributed by atoms with E-state index in [-0.39, 0.29) is 37.5 Å². The van der Waals surface area contributed by atoms with E-state index in [4.69, 9.17) is 119 Å². The molecule has 0 bridgehead atoms. The number of methoxy groups -OCH3 is 1. The minimum atomic E-state index is -6.93. The molecule has 0 radical (unpaired) electrons. The van der Waals surface area contributed by atoms with E-state index >= 15 is 0 Å². The Morgan fingerprint density at radius 2 is 0.487 bits per heavy atom. The number of rotatable bonds is 86. The summed E-state index contributed by atoms with van der Waals surface area (Å²) in [6, 6.07) is 0. The van der Waals surface area contributed by atoms with Gasteiger partial charge in [0.1, 0.15) is 6.61 Å². The Labute approximate surface area is 677 Å². The molecule has 38 heteroatoms. The first-order chi connectivity index (χ1) is 55.2. The van der Waals surface area contributed by atoms with Crippen molar-refractivity contribution in [2.45, 2.75) is 150 Å². The molecule has 0 amide bonds. The second kappa shape index (κ2) is 81.8. The van der Waals surface area contributed by atoms with Crippen LogP contribution in [0.5, 0.6) is 0 Å². The van der Waals surface area contributed by atoms with Gasteiger partial charge in [-0.05, 0) is 85.5 Å². The number of aliphatic hydroxyl groups is 1. The van der Waals surface area contributed by atoms with E-state index < -0.39 is 53.8 Å². The van der Waals surface area contributed by atoms with E-state index in [1.807, 2.05) is 34.6 Å². The van der Waals surface area contributed by atoms with Crippen LogP contribution in [0.1, 0.15) is 126 Å². The summed E-state index contributed by atoms with van der Waals surface area (Å²) in [6.45, 7) is 36.8. The lowest BCUT2D eigenvalue weighted by atomic mass is 9.91. The highest BCUT2D eigenvalue weighted by atomic mass is 19.4. The highest BCUT2D eigenvalue weighted by Crippen LogP contribution is 2.54. The van der Waals surface area contributed by atoms with E-state index in [1.165, 1.54) is 20.8 Å². The summed E-state index contributed by atoms with van der Waals surface area (Å²) in [5.41, 5.74) is -1.56. The summed E-state index contributed by atoms with van der Waals surface area (Å²) in [5, 5.41) is 8.64. The van der Waals surface area contributed by atoms with Crippen LogP contribution in [0.15, 0.2) is 0 Å². The fourth-order valence-corrected chi connectivity index (χ4v) is 7.77. The fourth-order valence-electron chi connectivity index (χ4n) is 7.77. The number of hydrogen-bond acceptors (Lipinski definition) is 29. The highest BCUT2D eigenvalue weighted by molar-refractivity contribution is 5.76. The molecule has 1 atom stereocenters. The largest absolute Gasteiger partial charge is 0.465 e. The number of esters is 3. The molecule has 0 aliphatic heterocycles. The summed E-state index contributed by atoms with van der Waals surface area (Å²) in [5.74, 6) is -20.8. The molecule has 0 aliphatic rings. The van der Waals surface area contributed by atoms with Gasteiger partial charge in [-0.15, -0.1) is 0 Å². The zero-order chi connectivity index (χ0) is 86.0. The van der Waals surface area contributed by atoms with Crippen molar-refractivity contribution in [2.75, 3.05) is 318 Å². The zero-order valence-corrected chi connectivity index (χ0v) is 70.4. The van der Waals surface area contributed by atoms with Crippen LogP contribution in [0.25, 0.3) is 0 Å². The maximum absolute atomic E-state index is 13.1. The molecule has 115 heavy (non-hydrogen) atoms. The van der Waals surface area contributed by atoms with Crippen LogP contribution in [0.3, 0.4) is 0 Å². The number of carbonyl (C=O) groups is 3. The molecule has 0 heterocycles. The number of hydrogen-bond donors (Lipinski definition) is 1. The minimum Gasteiger partial charge on any atom is -0.465 e. The molecule has 0 saturated heterocycles. The Morgan fingerprint density at radius 1 is 0.278 bits per heavy atom. The molecule has 690 valence electrons. The maximum atomic E-state index is 13.1.